The van der Waals surface area contributed by atoms with Gasteiger partial charge in [0.25, 0.3) is 5.91 Å². The summed E-state index contributed by atoms with van der Waals surface area (Å²) in [7, 11) is 1.58. The van der Waals surface area contributed by atoms with E-state index in [0.29, 0.717) is 33.5 Å². The molecule has 25 heavy (non-hydrogen) atoms. The van der Waals surface area contributed by atoms with Crippen LogP contribution in [0.3, 0.4) is 0 Å². The zero-order valence-electron chi connectivity index (χ0n) is 13.5. The second-order valence-corrected chi connectivity index (χ2v) is 5.67. The number of anilines is 1. The summed E-state index contributed by atoms with van der Waals surface area (Å²) in [5.74, 6) is 1.61. The number of methoxy groups -OCH3 is 1. The fourth-order valence-corrected chi connectivity index (χ4v) is 2.41. The van der Waals surface area contributed by atoms with Crippen LogP contribution in [0.5, 0.6) is 17.2 Å². The number of halogens is 1. The molecule has 126 valence electrons. The summed E-state index contributed by atoms with van der Waals surface area (Å²) in [5.41, 5.74) is 1.00. The van der Waals surface area contributed by atoms with E-state index in [0.717, 1.165) is 0 Å². The van der Waals surface area contributed by atoms with Gasteiger partial charge in [0.15, 0.2) is 5.75 Å². The van der Waals surface area contributed by atoms with Crippen LogP contribution in [0.4, 0.5) is 5.69 Å². The molecule has 0 fully saturated rings. The lowest BCUT2D eigenvalue weighted by Crippen LogP contribution is -2.12. The van der Waals surface area contributed by atoms with Gasteiger partial charge in [0.1, 0.15) is 11.5 Å². The molecule has 0 saturated carbocycles. The van der Waals surface area contributed by atoms with Gasteiger partial charge in [0, 0.05) is 10.6 Å². The standard InChI is InChI=1S/C20H16ClNO3/c1-24-16-10-7-14(8-11-16)20(23)22-18-13-15(21)9-12-19(18)25-17-5-3-2-4-6-17/h2-13H,1H3,(H,22,23). The molecule has 3 rings (SSSR count). The zero-order chi connectivity index (χ0) is 17.6. The van der Waals surface area contributed by atoms with Crippen LogP contribution in [-0.4, -0.2) is 13.0 Å². The summed E-state index contributed by atoms with van der Waals surface area (Å²) in [6.07, 6.45) is 0. The molecule has 0 radical (unpaired) electrons. The van der Waals surface area contributed by atoms with Crippen molar-refractivity contribution in [2.24, 2.45) is 0 Å². The summed E-state index contributed by atoms with van der Waals surface area (Å²) in [6.45, 7) is 0. The lowest BCUT2D eigenvalue weighted by Gasteiger charge is -2.13. The topological polar surface area (TPSA) is 47.6 Å². The van der Waals surface area contributed by atoms with Gasteiger partial charge in [0.05, 0.1) is 12.8 Å². The molecule has 3 aromatic carbocycles. The van der Waals surface area contributed by atoms with E-state index in [9.17, 15) is 4.79 Å². The normalized spacial score (nSPS) is 10.2. The van der Waals surface area contributed by atoms with Crippen LogP contribution >= 0.6 is 11.6 Å². The maximum atomic E-state index is 12.5. The molecule has 0 bridgehead atoms. The maximum Gasteiger partial charge on any atom is 0.255 e. The minimum Gasteiger partial charge on any atom is -0.497 e. The van der Waals surface area contributed by atoms with Crippen LogP contribution in [0.1, 0.15) is 10.4 Å². The van der Waals surface area contributed by atoms with Gasteiger partial charge in [-0.1, -0.05) is 29.8 Å². The molecule has 0 aliphatic rings. The van der Waals surface area contributed by atoms with Gasteiger partial charge in [-0.2, -0.15) is 0 Å². The molecule has 3 aromatic rings. The van der Waals surface area contributed by atoms with Gasteiger partial charge < -0.3 is 14.8 Å². The highest BCUT2D eigenvalue weighted by atomic mass is 35.5. The average molecular weight is 354 g/mol. The van der Waals surface area contributed by atoms with Crippen molar-refractivity contribution < 1.29 is 14.3 Å². The number of para-hydroxylation sites is 1. The van der Waals surface area contributed by atoms with Crippen molar-refractivity contribution in [1.29, 1.82) is 0 Å². The molecule has 0 aromatic heterocycles. The quantitative estimate of drug-likeness (QED) is 0.668. The van der Waals surface area contributed by atoms with Crippen LogP contribution < -0.4 is 14.8 Å². The summed E-state index contributed by atoms with van der Waals surface area (Å²) in [5, 5.41) is 3.34. The molecule has 0 heterocycles. The van der Waals surface area contributed by atoms with Crippen LogP contribution in [0.2, 0.25) is 5.02 Å². The van der Waals surface area contributed by atoms with Crippen molar-refractivity contribution >= 4 is 23.2 Å². The maximum absolute atomic E-state index is 12.5. The van der Waals surface area contributed by atoms with E-state index in [1.54, 1.807) is 49.6 Å². The van der Waals surface area contributed by atoms with Gasteiger partial charge in [-0.25, -0.2) is 0 Å². The molecule has 1 amide bonds. The number of carbonyl (C=O) groups excluding carboxylic acids is 1. The molecule has 0 spiro atoms. The van der Waals surface area contributed by atoms with E-state index in [4.69, 9.17) is 21.1 Å². The smallest absolute Gasteiger partial charge is 0.255 e. The van der Waals surface area contributed by atoms with Gasteiger partial charge in [-0.05, 0) is 54.6 Å². The number of rotatable bonds is 5. The number of hydrogen-bond donors (Lipinski definition) is 1. The Labute approximate surface area is 151 Å². The Balaban J connectivity index is 1.83. The highest BCUT2D eigenvalue weighted by Gasteiger charge is 2.12. The molecule has 5 heteroatoms. The third kappa shape index (κ3) is 4.31. The Kier molecular flexibility index (Phi) is 5.21. The number of amides is 1. The molecule has 1 N–H and O–H groups in total. The van der Waals surface area contributed by atoms with Crippen molar-refractivity contribution in [3.05, 3.63) is 83.4 Å². The predicted molar refractivity (Wildman–Crippen MR) is 98.9 cm³/mol. The first-order valence-corrected chi connectivity index (χ1v) is 8.01. The molecule has 0 aliphatic carbocycles. The van der Waals surface area contributed by atoms with Crippen molar-refractivity contribution in [3.8, 4) is 17.2 Å². The van der Waals surface area contributed by atoms with Crippen LogP contribution in [-0.2, 0) is 0 Å². The minimum absolute atomic E-state index is 0.261. The van der Waals surface area contributed by atoms with E-state index >= 15 is 0 Å². The molecule has 0 atom stereocenters. The highest BCUT2D eigenvalue weighted by molar-refractivity contribution is 6.31. The van der Waals surface area contributed by atoms with Gasteiger partial charge in [-0.3, -0.25) is 4.79 Å². The van der Waals surface area contributed by atoms with Crippen LogP contribution in [0, 0.1) is 0 Å². The number of benzene rings is 3. The largest absolute Gasteiger partial charge is 0.497 e. The SMILES string of the molecule is COc1ccc(C(=O)Nc2cc(Cl)ccc2Oc2ccccc2)cc1. The molecular weight excluding hydrogens is 338 g/mol. The third-order valence-corrected chi connectivity index (χ3v) is 3.75. The van der Waals surface area contributed by atoms with Gasteiger partial charge in [0.2, 0.25) is 0 Å². The first-order chi connectivity index (χ1) is 12.2. The minimum atomic E-state index is -0.261. The van der Waals surface area contributed by atoms with Crippen LogP contribution in [0.15, 0.2) is 72.8 Å². The second-order valence-electron chi connectivity index (χ2n) is 5.24. The molecule has 0 unspecified atom stereocenters. The second kappa shape index (κ2) is 7.73. The monoisotopic (exact) mass is 353 g/mol. The summed E-state index contributed by atoms with van der Waals surface area (Å²) < 4.78 is 10.9. The molecule has 0 aliphatic heterocycles. The summed E-state index contributed by atoms with van der Waals surface area (Å²) in [4.78, 5) is 12.5. The van der Waals surface area contributed by atoms with E-state index < -0.39 is 0 Å². The fraction of sp³-hybridized carbons (Fsp3) is 0.0500. The van der Waals surface area contributed by atoms with Gasteiger partial charge >= 0.3 is 0 Å². The first-order valence-electron chi connectivity index (χ1n) is 7.63. The third-order valence-electron chi connectivity index (χ3n) is 3.51. The number of hydrogen-bond acceptors (Lipinski definition) is 3. The Morgan fingerprint density at radius 1 is 0.920 bits per heavy atom. The zero-order valence-corrected chi connectivity index (χ0v) is 14.3. The Bertz CT molecular complexity index is 864. The highest BCUT2D eigenvalue weighted by Crippen LogP contribution is 2.32. The number of nitrogens with one attached hydrogen (secondary N) is 1. The first kappa shape index (κ1) is 16.9. The predicted octanol–water partition coefficient (Wildman–Crippen LogP) is 5.39. The van der Waals surface area contributed by atoms with E-state index in [1.807, 2.05) is 30.3 Å². The van der Waals surface area contributed by atoms with Crippen molar-refractivity contribution in [2.45, 2.75) is 0 Å². The van der Waals surface area contributed by atoms with Crippen LogP contribution in [0.25, 0.3) is 0 Å². The average Bonchev–Trinajstić information content (AvgIpc) is 2.65. The van der Waals surface area contributed by atoms with E-state index in [-0.39, 0.29) is 5.91 Å². The van der Waals surface area contributed by atoms with E-state index in [1.165, 1.54) is 0 Å². The summed E-state index contributed by atoms with van der Waals surface area (Å²) >= 11 is 6.07. The van der Waals surface area contributed by atoms with Crippen molar-refractivity contribution in [1.82, 2.24) is 0 Å². The van der Waals surface area contributed by atoms with Crippen molar-refractivity contribution in [3.63, 3.8) is 0 Å². The lowest BCUT2D eigenvalue weighted by atomic mass is 10.2. The molecule has 0 saturated heterocycles. The Morgan fingerprint density at radius 3 is 2.32 bits per heavy atom. The van der Waals surface area contributed by atoms with Crippen molar-refractivity contribution in [2.75, 3.05) is 12.4 Å². The summed E-state index contributed by atoms with van der Waals surface area (Å²) in [6, 6.07) is 21.3. The van der Waals surface area contributed by atoms with E-state index in [2.05, 4.69) is 5.32 Å². The molecular formula is C20H16ClNO3. The van der Waals surface area contributed by atoms with Gasteiger partial charge in [-0.15, -0.1) is 0 Å². The fourth-order valence-electron chi connectivity index (χ4n) is 2.24. The number of ether oxygens (including phenoxy) is 2. The lowest BCUT2D eigenvalue weighted by molar-refractivity contribution is 0.102. The number of carbonyl (C=O) groups is 1. The Hall–Kier alpha value is -2.98. The molecule has 4 nitrogen and oxygen atoms in total. The Morgan fingerprint density at radius 2 is 1.64 bits per heavy atom.